The summed E-state index contributed by atoms with van der Waals surface area (Å²) in [7, 11) is -4.10. The summed E-state index contributed by atoms with van der Waals surface area (Å²) >= 11 is 0. The van der Waals surface area contributed by atoms with Crippen LogP contribution in [0.25, 0.3) is 0 Å². The van der Waals surface area contributed by atoms with Crippen LogP contribution in [0.3, 0.4) is 0 Å². The molecule has 0 fully saturated rings. The molecule has 0 amide bonds. The summed E-state index contributed by atoms with van der Waals surface area (Å²) in [4.78, 5) is 11.1. The molecule has 0 unspecified atom stereocenters. The molecule has 9 nitrogen and oxygen atoms in total. The quantitative estimate of drug-likeness (QED) is 0.781. The molecule has 25 heavy (non-hydrogen) atoms. The highest BCUT2D eigenvalue weighted by Gasteiger charge is 2.26. The van der Waals surface area contributed by atoms with Crippen LogP contribution < -0.4 is 14.2 Å². The van der Waals surface area contributed by atoms with E-state index in [9.17, 15) is 22.7 Å². The Morgan fingerprint density at radius 1 is 1.36 bits per heavy atom. The first-order valence-electron chi connectivity index (χ1n) is 7.19. The van der Waals surface area contributed by atoms with Crippen molar-refractivity contribution in [1.82, 2.24) is 9.78 Å². The van der Waals surface area contributed by atoms with E-state index in [1.165, 1.54) is 23.1 Å². The molecule has 1 aromatic heterocycles. The number of benzene rings is 1. The van der Waals surface area contributed by atoms with Crippen molar-refractivity contribution in [2.24, 2.45) is 0 Å². The molecule has 134 valence electrons. The topological polar surface area (TPSA) is 120 Å². The fourth-order valence-corrected chi connectivity index (χ4v) is 3.35. The number of carbonyl (C=O) groups is 1. The molecule has 0 atom stereocenters. The number of hydrogen-bond donors (Lipinski definition) is 2. The monoisotopic (exact) mass is 371 g/mol. The van der Waals surface area contributed by atoms with Gasteiger partial charge in [0.1, 0.15) is 25.5 Å². The van der Waals surface area contributed by atoms with Crippen LogP contribution in [0.5, 0.6) is 11.5 Å². The van der Waals surface area contributed by atoms with E-state index in [2.05, 4.69) is 9.82 Å². The van der Waals surface area contributed by atoms with E-state index in [1.54, 1.807) is 0 Å². The number of anilines is 1. The number of fused-ring (bicyclic) bond motifs is 1. The summed E-state index contributed by atoms with van der Waals surface area (Å²) < 4.78 is 51.4. The highest BCUT2D eigenvalue weighted by molar-refractivity contribution is 7.92. The van der Waals surface area contributed by atoms with Crippen molar-refractivity contribution in [2.75, 3.05) is 24.6 Å². The van der Waals surface area contributed by atoms with E-state index < -0.39 is 22.7 Å². The summed E-state index contributed by atoms with van der Waals surface area (Å²) in [5.41, 5.74) is -0.189. The number of hydrogen-bond acceptors (Lipinski definition) is 6. The zero-order valence-electron chi connectivity index (χ0n) is 12.8. The third-order valence-electron chi connectivity index (χ3n) is 3.36. The SMILES string of the molecule is O=C(O)c1cc(S(=O)(=O)Nc2cnn(CCF)c2)cc2c1OCCO2. The van der Waals surface area contributed by atoms with Crippen LogP contribution in [0.1, 0.15) is 10.4 Å². The third kappa shape index (κ3) is 3.50. The lowest BCUT2D eigenvalue weighted by molar-refractivity contribution is 0.0685. The van der Waals surface area contributed by atoms with Crippen LogP contribution in [0.2, 0.25) is 0 Å². The molecule has 0 saturated heterocycles. The fourth-order valence-electron chi connectivity index (χ4n) is 2.28. The molecule has 0 saturated carbocycles. The Labute approximate surface area is 142 Å². The molecule has 2 heterocycles. The molecule has 3 rings (SSSR count). The van der Waals surface area contributed by atoms with Crippen molar-refractivity contribution >= 4 is 21.7 Å². The van der Waals surface area contributed by atoms with E-state index in [4.69, 9.17) is 9.47 Å². The Morgan fingerprint density at radius 3 is 2.84 bits per heavy atom. The van der Waals surface area contributed by atoms with Crippen molar-refractivity contribution < 1.29 is 32.2 Å². The molecule has 0 bridgehead atoms. The summed E-state index contributed by atoms with van der Waals surface area (Å²) in [5.74, 6) is -1.30. The van der Waals surface area contributed by atoms with Gasteiger partial charge in [0.05, 0.1) is 23.3 Å². The summed E-state index contributed by atoms with van der Waals surface area (Å²) in [6.45, 7) is -0.294. The molecule has 11 heteroatoms. The number of aromatic nitrogens is 2. The van der Waals surface area contributed by atoms with Crippen molar-refractivity contribution in [3.8, 4) is 11.5 Å². The van der Waals surface area contributed by atoms with E-state index in [0.717, 1.165) is 6.07 Å². The molecule has 1 aliphatic heterocycles. The molecule has 2 aromatic rings. The number of carboxylic acids is 1. The highest BCUT2D eigenvalue weighted by Crippen LogP contribution is 2.37. The largest absolute Gasteiger partial charge is 0.486 e. The van der Waals surface area contributed by atoms with Gasteiger partial charge in [0, 0.05) is 12.3 Å². The maximum atomic E-state index is 12.5. The Kier molecular flexibility index (Phi) is 4.49. The van der Waals surface area contributed by atoms with E-state index in [1.807, 2.05) is 0 Å². The Balaban J connectivity index is 1.96. The highest BCUT2D eigenvalue weighted by atomic mass is 32.2. The maximum Gasteiger partial charge on any atom is 0.339 e. The smallest absolute Gasteiger partial charge is 0.339 e. The number of nitrogens with one attached hydrogen (secondary N) is 1. The molecule has 0 radical (unpaired) electrons. The minimum atomic E-state index is -4.10. The molecular weight excluding hydrogens is 357 g/mol. The predicted octanol–water partition coefficient (Wildman–Crippen LogP) is 1.12. The number of aryl methyl sites for hydroxylation is 1. The number of halogens is 1. The molecule has 1 aromatic carbocycles. The van der Waals surface area contributed by atoms with Crippen LogP contribution in [0.15, 0.2) is 29.4 Å². The van der Waals surface area contributed by atoms with Crippen LogP contribution >= 0.6 is 0 Å². The normalized spacial score (nSPS) is 13.5. The minimum Gasteiger partial charge on any atom is -0.486 e. The number of aromatic carboxylic acids is 1. The Bertz CT molecular complexity index is 911. The van der Waals surface area contributed by atoms with Gasteiger partial charge in [0.25, 0.3) is 10.0 Å². The zero-order valence-corrected chi connectivity index (χ0v) is 13.6. The van der Waals surface area contributed by atoms with Crippen molar-refractivity contribution in [3.63, 3.8) is 0 Å². The van der Waals surface area contributed by atoms with Crippen molar-refractivity contribution in [3.05, 3.63) is 30.1 Å². The fraction of sp³-hybridized carbons (Fsp3) is 0.286. The van der Waals surface area contributed by atoms with E-state index in [0.29, 0.717) is 0 Å². The molecule has 0 aliphatic carbocycles. The van der Waals surface area contributed by atoms with Crippen molar-refractivity contribution in [1.29, 1.82) is 0 Å². The molecule has 1 aliphatic rings. The van der Waals surface area contributed by atoms with Gasteiger partial charge in [-0.2, -0.15) is 5.10 Å². The molecular formula is C14H14FN3O6S. The second-order valence-electron chi connectivity index (χ2n) is 5.09. The van der Waals surface area contributed by atoms with Crippen LogP contribution in [-0.2, 0) is 16.6 Å². The number of ether oxygens (including phenoxy) is 2. The third-order valence-corrected chi connectivity index (χ3v) is 4.72. The summed E-state index contributed by atoms with van der Waals surface area (Å²) in [5, 5.41) is 13.1. The lowest BCUT2D eigenvalue weighted by Gasteiger charge is -2.21. The Morgan fingerprint density at radius 2 is 2.12 bits per heavy atom. The van der Waals surface area contributed by atoms with Crippen molar-refractivity contribution in [2.45, 2.75) is 11.4 Å². The summed E-state index contributed by atoms with van der Waals surface area (Å²) in [6.07, 6.45) is 2.55. The first-order chi connectivity index (χ1) is 11.9. The summed E-state index contributed by atoms with van der Waals surface area (Å²) in [6, 6.07) is 2.18. The van der Waals surface area contributed by atoms with Crippen LogP contribution in [-0.4, -0.2) is 49.2 Å². The second-order valence-corrected chi connectivity index (χ2v) is 6.77. The number of sulfonamides is 1. The lowest BCUT2D eigenvalue weighted by Crippen LogP contribution is -2.20. The van der Waals surface area contributed by atoms with Crippen LogP contribution in [0, 0.1) is 0 Å². The van der Waals surface area contributed by atoms with Gasteiger partial charge in [-0.1, -0.05) is 0 Å². The Hall–Kier alpha value is -2.82. The van der Waals surface area contributed by atoms with E-state index >= 15 is 0 Å². The van der Waals surface area contributed by atoms with Gasteiger partial charge < -0.3 is 14.6 Å². The first kappa shape index (κ1) is 17.0. The second kappa shape index (κ2) is 6.59. The van der Waals surface area contributed by atoms with Gasteiger partial charge in [0.15, 0.2) is 11.5 Å². The number of alkyl halides is 1. The predicted molar refractivity (Wildman–Crippen MR) is 83.4 cm³/mol. The van der Waals surface area contributed by atoms with E-state index in [-0.39, 0.29) is 47.4 Å². The van der Waals surface area contributed by atoms with Gasteiger partial charge in [-0.25, -0.2) is 17.6 Å². The standard InChI is InChI=1S/C14H14FN3O6S/c15-1-2-18-8-9(7-16-18)17-25(21,22)10-5-11(14(19)20)13-12(6-10)23-3-4-24-13/h5-8,17H,1-4H2,(H,19,20). The van der Waals surface area contributed by atoms with Gasteiger partial charge in [-0.15, -0.1) is 0 Å². The maximum absolute atomic E-state index is 12.5. The first-order valence-corrected chi connectivity index (χ1v) is 8.67. The molecule has 2 N–H and O–H groups in total. The van der Waals surface area contributed by atoms with Gasteiger partial charge in [0.2, 0.25) is 0 Å². The lowest BCUT2D eigenvalue weighted by atomic mass is 10.2. The minimum absolute atomic E-state index is 0.00505. The average Bonchev–Trinajstić information content (AvgIpc) is 3.00. The average molecular weight is 371 g/mol. The zero-order chi connectivity index (χ0) is 18.0. The number of carboxylic acid groups (broad SMARTS) is 1. The van der Waals surface area contributed by atoms with Gasteiger partial charge in [-0.05, 0) is 6.07 Å². The molecule has 0 spiro atoms. The number of rotatable bonds is 6. The van der Waals surface area contributed by atoms with Gasteiger partial charge in [-0.3, -0.25) is 9.40 Å². The number of nitrogens with zero attached hydrogens (tertiary/aromatic N) is 2. The van der Waals surface area contributed by atoms with Gasteiger partial charge >= 0.3 is 5.97 Å². The van der Waals surface area contributed by atoms with Crippen LogP contribution in [0.4, 0.5) is 10.1 Å².